The number of nitrogens with one attached hydrogen (secondary N) is 1. The molecular formula is C26H19BrN2O3. The Morgan fingerprint density at radius 3 is 2.47 bits per heavy atom. The molecule has 0 spiro atoms. The normalized spacial score (nSPS) is 11.1. The Hall–Kier alpha value is -3.64. The van der Waals surface area contributed by atoms with Crippen molar-refractivity contribution in [1.82, 2.24) is 4.98 Å². The summed E-state index contributed by atoms with van der Waals surface area (Å²) in [5, 5.41) is 2.86. The lowest BCUT2D eigenvalue weighted by molar-refractivity contribution is 0.0997. The first kappa shape index (κ1) is 20.3. The number of hydrogen-bond acceptors (Lipinski definition) is 4. The number of furan rings is 1. The molecule has 0 radical (unpaired) electrons. The van der Waals surface area contributed by atoms with Crippen LogP contribution in [-0.4, -0.2) is 10.9 Å². The average Bonchev–Trinajstić information content (AvgIpc) is 3.48. The fraction of sp³-hybridized carbons (Fsp3) is 0.0769. The summed E-state index contributed by atoms with van der Waals surface area (Å²) in [5.41, 5.74) is 5.13. The van der Waals surface area contributed by atoms with Crippen LogP contribution in [0.5, 0.6) is 0 Å². The van der Waals surface area contributed by atoms with Gasteiger partial charge in [-0.25, -0.2) is 4.98 Å². The molecule has 0 saturated carbocycles. The van der Waals surface area contributed by atoms with Crippen molar-refractivity contribution in [3.63, 3.8) is 0 Å². The number of oxazole rings is 1. The Morgan fingerprint density at radius 2 is 1.72 bits per heavy atom. The van der Waals surface area contributed by atoms with Gasteiger partial charge in [0.25, 0.3) is 5.91 Å². The van der Waals surface area contributed by atoms with Crippen molar-refractivity contribution in [2.75, 3.05) is 5.32 Å². The van der Waals surface area contributed by atoms with Gasteiger partial charge in [0.05, 0.1) is 4.47 Å². The molecule has 0 aliphatic carbocycles. The molecular weight excluding hydrogens is 468 g/mol. The number of aromatic nitrogens is 1. The monoisotopic (exact) mass is 486 g/mol. The molecule has 3 aromatic carbocycles. The fourth-order valence-corrected chi connectivity index (χ4v) is 4.06. The van der Waals surface area contributed by atoms with Crippen LogP contribution >= 0.6 is 15.9 Å². The maximum absolute atomic E-state index is 12.6. The molecule has 1 amide bonds. The van der Waals surface area contributed by atoms with Gasteiger partial charge in [0, 0.05) is 16.8 Å². The molecule has 0 fully saturated rings. The van der Waals surface area contributed by atoms with Crippen LogP contribution in [0.2, 0.25) is 0 Å². The number of amides is 1. The third-order valence-electron chi connectivity index (χ3n) is 5.19. The first-order chi connectivity index (χ1) is 15.6. The van der Waals surface area contributed by atoms with E-state index in [1.165, 1.54) is 5.56 Å². The van der Waals surface area contributed by atoms with Crippen LogP contribution in [-0.2, 0) is 6.42 Å². The summed E-state index contributed by atoms with van der Waals surface area (Å²) in [6.07, 6.45) is 0.924. The van der Waals surface area contributed by atoms with Gasteiger partial charge in [-0.1, -0.05) is 37.3 Å². The molecule has 2 heterocycles. The van der Waals surface area contributed by atoms with E-state index in [-0.39, 0.29) is 11.7 Å². The lowest BCUT2D eigenvalue weighted by Crippen LogP contribution is -2.10. The highest BCUT2D eigenvalue weighted by molar-refractivity contribution is 9.10. The molecule has 0 aliphatic rings. The topological polar surface area (TPSA) is 68.3 Å². The SMILES string of the molecule is CCc1cc(Br)c2oc(-c3ccc(NC(=O)c4ccc(-c5ccccc5)o4)cc3)nc2c1. The van der Waals surface area contributed by atoms with Crippen LogP contribution in [0.15, 0.2) is 92.2 Å². The smallest absolute Gasteiger partial charge is 0.291 e. The molecule has 0 atom stereocenters. The molecule has 0 unspecified atom stereocenters. The molecule has 5 aromatic rings. The minimum atomic E-state index is -0.308. The maximum atomic E-state index is 12.6. The Bertz CT molecular complexity index is 1400. The largest absolute Gasteiger partial charge is 0.451 e. The summed E-state index contributed by atoms with van der Waals surface area (Å²) < 4.78 is 12.6. The van der Waals surface area contributed by atoms with Crippen LogP contribution in [0, 0.1) is 0 Å². The van der Waals surface area contributed by atoms with E-state index in [0.29, 0.717) is 17.3 Å². The van der Waals surface area contributed by atoms with Crippen LogP contribution < -0.4 is 5.32 Å². The first-order valence-corrected chi connectivity index (χ1v) is 11.1. The third-order valence-corrected chi connectivity index (χ3v) is 5.78. The molecule has 5 nitrogen and oxygen atoms in total. The van der Waals surface area contributed by atoms with Gasteiger partial charge in [-0.15, -0.1) is 0 Å². The fourth-order valence-electron chi connectivity index (χ4n) is 3.48. The number of carbonyl (C=O) groups is 1. The van der Waals surface area contributed by atoms with Crippen LogP contribution in [0.25, 0.3) is 33.9 Å². The Morgan fingerprint density at radius 1 is 0.938 bits per heavy atom. The summed E-state index contributed by atoms with van der Waals surface area (Å²) in [4.78, 5) is 17.2. The molecule has 1 N–H and O–H groups in total. The standard InChI is InChI=1S/C26H19BrN2O3/c1-2-16-14-20(27)24-21(15-16)29-26(32-24)18-8-10-19(11-9-18)28-25(30)23-13-12-22(31-23)17-6-4-3-5-7-17/h3-15H,2H2,1H3,(H,28,30). The van der Waals surface area contributed by atoms with E-state index in [4.69, 9.17) is 8.83 Å². The van der Waals surface area contributed by atoms with E-state index < -0.39 is 0 Å². The van der Waals surface area contributed by atoms with Crippen LogP contribution in [0.3, 0.4) is 0 Å². The third kappa shape index (κ3) is 3.97. The number of nitrogens with zero attached hydrogens (tertiary/aromatic N) is 1. The number of halogens is 1. The summed E-state index contributed by atoms with van der Waals surface area (Å²) >= 11 is 3.56. The second-order valence-electron chi connectivity index (χ2n) is 7.36. The molecule has 158 valence electrons. The van der Waals surface area contributed by atoms with Crippen molar-refractivity contribution in [3.8, 4) is 22.8 Å². The second-order valence-corrected chi connectivity index (χ2v) is 8.21. The van der Waals surface area contributed by atoms with Gasteiger partial charge >= 0.3 is 0 Å². The Labute approximate surface area is 193 Å². The summed E-state index contributed by atoms with van der Waals surface area (Å²) in [5.74, 6) is 1.13. The number of hydrogen-bond donors (Lipinski definition) is 1. The molecule has 0 aliphatic heterocycles. The number of rotatable bonds is 5. The van der Waals surface area contributed by atoms with E-state index in [2.05, 4.69) is 33.2 Å². The van der Waals surface area contributed by atoms with Gasteiger partial charge in [0.15, 0.2) is 11.3 Å². The van der Waals surface area contributed by atoms with Gasteiger partial charge < -0.3 is 14.2 Å². The van der Waals surface area contributed by atoms with Gasteiger partial charge in [-0.05, 0) is 76.4 Å². The van der Waals surface area contributed by atoms with Gasteiger partial charge in [0.2, 0.25) is 5.89 Å². The number of aryl methyl sites for hydroxylation is 1. The molecule has 0 bridgehead atoms. The van der Waals surface area contributed by atoms with Crippen molar-refractivity contribution in [2.45, 2.75) is 13.3 Å². The minimum absolute atomic E-state index is 0.253. The maximum Gasteiger partial charge on any atom is 0.291 e. The van der Waals surface area contributed by atoms with Crippen molar-refractivity contribution in [3.05, 3.63) is 94.7 Å². The van der Waals surface area contributed by atoms with Crippen LogP contribution in [0.1, 0.15) is 23.0 Å². The zero-order valence-corrected chi connectivity index (χ0v) is 18.8. The summed E-state index contributed by atoms with van der Waals surface area (Å²) in [6.45, 7) is 2.10. The molecule has 32 heavy (non-hydrogen) atoms. The van der Waals surface area contributed by atoms with Crippen molar-refractivity contribution < 1.29 is 13.6 Å². The van der Waals surface area contributed by atoms with Gasteiger partial charge in [-0.2, -0.15) is 0 Å². The van der Waals surface area contributed by atoms with Crippen LogP contribution in [0.4, 0.5) is 5.69 Å². The van der Waals surface area contributed by atoms with E-state index in [1.54, 1.807) is 12.1 Å². The van der Waals surface area contributed by atoms with E-state index in [0.717, 1.165) is 33.1 Å². The van der Waals surface area contributed by atoms with E-state index >= 15 is 0 Å². The van der Waals surface area contributed by atoms with Crippen molar-refractivity contribution in [1.29, 1.82) is 0 Å². The molecule has 0 saturated heterocycles. The van der Waals surface area contributed by atoms with Gasteiger partial charge in [0.1, 0.15) is 11.3 Å². The lowest BCUT2D eigenvalue weighted by atomic mass is 10.1. The number of carbonyl (C=O) groups excluding carboxylic acids is 1. The highest BCUT2D eigenvalue weighted by atomic mass is 79.9. The van der Waals surface area contributed by atoms with Crippen molar-refractivity contribution in [2.24, 2.45) is 0 Å². The summed E-state index contributed by atoms with van der Waals surface area (Å²) in [7, 11) is 0. The number of fused-ring (bicyclic) bond motifs is 1. The van der Waals surface area contributed by atoms with Gasteiger partial charge in [-0.3, -0.25) is 4.79 Å². The zero-order valence-electron chi connectivity index (χ0n) is 17.3. The highest BCUT2D eigenvalue weighted by Gasteiger charge is 2.14. The predicted molar refractivity (Wildman–Crippen MR) is 129 cm³/mol. The molecule has 6 heteroatoms. The van der Waals surface area contributed by atoms with E-state index in [1.807, 2.05) is 66.7 Å². The van der Waals surface area contributed by atoms with Crippen molar-refractivity contribution >= 4 is 38.6 Å². The van der Waals surface area contributed by atoms with E-state index in [9.17, 15) is 4.79 Å². The lowest BCUT2D eigenvalue weighted by Gasteiger charge is -2.04. The Balaban J connectivity index is 1.33. The minimum Gasteiger partial charge on any atom is -0.451 e. The quantitative estimate of drug-likeness (QED) is 0.282. The predicted octanol–water partition coefficient (Wildman–Crippen LogP) is 7.33. The second kappa shape index (κ2) is 8.48. The molecule has 5 rings (SSSR count). The average molecular weight is 487 g/mol. The Kier molecular flexibility index (Phi) is 5.37. The zero-order chi connectivity index (χ0) is 22.1. The molecule has 2 aromatic heterocycles. The number of anilines is 1. The summed E-state index contributed by atoms with van der Waals surface area (Å²) in [6, 6.07) is 24.6. The number of benzene rings is 3. The first-order valence-electron chi connectivity index (χ1n) is 10.3. The highest BCUT2D eigenvalue weighted by Crippen LogP contribution is 2.31.